The summed E-state index contributed by atoms with van der Waals surface area (Å²) in [6, 6.07) is 8.81. The molecule has 0 aliphatic rings. The second-order valence-corrected chi connectivity index (χ2v) is 4.39. The molecule has 0 N–H and O–H groups in total. The zero-order valence-corrected chi connectivity index (χ0v) is 12.3. The minimum absolute atomic E-state index is 0.133. The van der Waals surface area contributed by atoms with Crippen LogP contribution in [0.5, 0.6) is 0 Å². The standard InChI is InChI=1S/C16H19NO4/c1-3-20-15(18)9-8-14(16(19)21-4-2)13-7-5-6-12(10-13)11-17/h5-7,10,14H,3-4,8-9H2,1-2H3. The van der Waals surface area contributed by atoms with Crippen LogP contribution >= 0.6 is 0 Å². The molecule has 0 fully saturated rings. The molecule has 5 heteroatoms. The molecule has 0 aliphatic heterocycles. The first-order chi connectivity index (χ1) is 10.1. The van der Waals surface area contributed by atoms with Crippen molar-refractivity contribution >= 4 is 11.9 Å². The van der Waals surface area contributed by atoms with Gasteiger partial charge in [0, 0.05) is 6.42 Å². The van der Waals surface area contributed by atoms with E-state index in [-0.39, 0.29) is 19.0 Å². The van der Waals surface area contributed by atoms with Gasteiger partial charge < -0.3 is 9.47 Å². The maximum atomic E-state index is 12.1. The maximum Gasteiger partial charge on any atom is 0.313 e. The summed E-state index contributed by atoms with van der Waals surface area (Å²) in [7, 11) is 0. The van der Waals surface area contributed by atoms with E-state index in [1.165, 1.54) is 0 Å². The van der Waals surface area contributed by atoms with E-state index in [2.05, 4.69) is 0 Å². The first-order valence-electron chi connectivity index (χ1n) is 6.94. The molecule has 1 atom stereocenters. The number of hydrogen-bond acceptors (Lipinski definition) is 5. The van der Waals surface area contributed by atoms with E-state index in [0.717, 1.165) is 0 Å². The number of benzene rings is 1. The first kappa shape index (κ1) is 16.7. The molecule has 1 aromatic rings. The Bertz CT molecular complexity index is 533. The van der Waals surface area contributed by atoms with Crippen LogP contribution < -0.4 is 0 Å². The molecule has 0 aliphatic carbocycles. The Kier molecular flexibility index (Phi) is 6.96. The number of esters is 2. The number of carbonyl (C=O) groups is 2. The molecular formula is C16H19NO4. The molecule has 5 nitrogen and oxygen atoms in total. The molecule has 1 aromatic carbocycles. The topological polar surface area (TPSA) is 76.4 Å². The second kappa shape index (κ2) is 8.75. The highest BCUT2D eigenvalue weighted by atomic mass is 16.5. The highest BCUT2D eigenvalue weighted by molar-refractivity contribution is 5.79. The van der Waals surface area contributed by atoms with Crippen LogP contribution in [-0.4, -0.2) is 25.2 Å². The Labute approximate surface area is 124 Å². The van der Waals surface area contributed by atoms with Gasteiger partial charge >= 0.3 is 11.9 Å². The lowest BCUT2D eigenvalue weighted by Crippen LogP contribution is -2.18. The average molecular weight is 289 g/mol. The zero-order valence-electron chi connectivity index (χ0n) is 12.3. The van der Waals surface area contributed by atoms with Crippen molar-refractivity contribution in [1.29, 1.82) is 5.26 Å². The predicted octanol–water partition coefficient (Wildman–Crippen LogP) is 2.55. The fourth-order valence-corrected chi connectivity index (χ4v) is 1.98. The van der Waals surface area contributed by atoms with E-state index in [1.54, 1.807) is 38.1 Å². The predicted molar refractivity (Wildman–Crippen MR) is 76.4 cm³/mol. The fraction of sp³-hybridized carbons (Fsp3) is 0.438. The molecule has 0 radical (unpaired) electrons. The Balaban J connectivity index is 2.88. The summed E-state index contributed by atoms with van der Waals surface area (Å²) in [5.74, 6) is -1.30. The smallest absolute Gasteiger partial charge is 0.313 e. The fourth-order valence-electron chi connectivity index (χ4n) is 1.98. The van der Waals surface area contributed by atoms with Gasteiger partial charge in [-0.15, -0.1) is 0 Å². The molecular weight excluding hydrogens is 270 g/mol. The summed E-state index contributed by atoms with van der Waals surface area (Å²) >= 11 is 0. The van der Waals surface area contributed by atoms with Crippen LogP contribution in [0, 0.1) is 11.3 Å². The Morgan fingerprint density at radius 1 is 1.24 bits per heavy atom. The van der Waals surface area contributed by atoms with Crippen molar-refractivity contribution in [2.45, 2.75) is 32.6 Å². The van der Waals surface area contributed by atoms with Crippen molar-refractivity contribution in [2.75, 3.05) is 13.2 Å². The van der Waals surface area contributed by atoms with Gasteiger partial charge in [-0.2, -0.15) is 5.26 Å². The lowest BCUT2D eigenvalue weighted by atomic mass is 9.93. The van der Waals surface area contributed by atoms with E-state index in [9.17, 15) is 9.59 Å². The van der Waals surface area contributed by atoms with Gasteiger partial charge in [-0.1, -0.05) is 12.1 Å². The quantitative estimate of drug-likeness (QED) is 0.721. The summed E-state index contributed by atoms with van der Waals surface area (Å²) in [6.07, 6.45) is 0.431. The molecule has 0 bridgehead atoms. The lowest BCUT2D eigenvalue weighted by molar-refractivity contribution is -0.146. The van der Waals surface area contributed by atoms with E-state index in [4.69, 9.17) is 14.7 Å². The van der Waals surface area contributed by atoms with Crippen LogP contribution in [0.1, 0.15) is 43.7 Å². The minimum atomic E-state index is -0.567. The Hall–Kier alpha value is -2.35. The maximum absolute atomic E-state index is 12.1. The van der Waals surface area contributed by atoms with Crippen molar-refractivity contribution in [1.82, 2.24) is 0 Å². The Morgan fingerprint density at radius 2 is 1.95 bits per heavy atom. The lowest BCUT2D eigenvalue weighted by Gasteiger charge is -2.15. The van der Waals surface area contributed by atoms with Crippen LogP contribution in [0.4, 0.5) is 0 Å². The van der Waals surface area contributed by atoms with E-state index in [0.29, 0.717) is 24.2 Å². The number of hydrogen-bond donors (Lipinski definition) is 0. The molecule has 0 spiro atoms. The van der Waals surface area contributed by atoms with Gasteiger partial charge in [-0.05, 0) is 38.0 Å². The van der Waals surface area contributed by atoms with Crippen LogP contribution in [0.2, 0.25) is 0 Å². The van der Waals surface area contributed by atoms with E-state index >= 15 is 0 Å². The van der Waals surface area contributed by atoms with Gasteiger partial charge in [0.15, 0.2) is 0 Å². The minimum Gasteiger partial charge on any atom is -0.466 e. The van der Waals surface area contributed by atoms with Crippen LogP contribution in [0.3, 0.4) is 0 Å². The van der Waals surface area contributed by atoms with Crippen molar-refractivity contribution in [3.8, 4) is 6.07 Å². The van der Waals surface area contributed by atoms with E-state index < -0.39 is 11.9 Å². The summed E-state index contributed by atoms with van der Waals surface area (Å²) < 4.78 is 9.92. The SMILES string of the molecule is CCOC(=O)CCC(C(=O)OCC)c1cccc(C#N)c1. The van der Waals surface area contributed by atoms with Crippen LogP contribution in [0.15, 0.2) is 24.3 Å². The summed E-state index contributed by atoms with van der Waals surface area (Å²) in [5, 5.41) is 8.93. The van der Waals surface area contributed by atoms with Gasteiger partial charge in [-0.25, -0.2) is 0 Å². The summed E-state index contributed by atoms with van der Waals surface area (Å²) in [4.78, 5) is 23.5. The van der Waals surface area contributed by atoms with Crippen LogP contribution in [-0.2, 0) is 19.1 Å². The number of nitriles is 1. The van der Waals surface area contributed by atoms with Gasteiger partial charge in [-0.3, -0.25) is 9.59 Å². The van der Waals surface area contributed by atoms with Crippen molar-refractivity contribution in [2.24, 2.45) is 0 Å². The largest absolute Gasteiger partial charge is 0.466 e. The zero-order chi connectivity index (χ0) is 15.7. The molecule has 0 saturated carbocycles. The molecule has 112 valence electrons. The normalized spacial score (nSPS) is 11.3. The van der Waals surface area contributed by atoms with Crippen LogP contribution in [0.25, 0.3) is 0 Å². The molecule has 21 heavy (non-hydrogen) atoms. The third kappa shape index (κ3) is 5.27. The van der Waals surface area contributed by atoms with Crippen molar-refractivity contribution in [3.05, 3.63) is 35.4 Å². The monoisotopic (exact) mass is 289 g/mol. The number of carbonyl (C=O) groups excluding carboxylic acids is 2. The van der Waals surface area contributed by atoms with Gasteiger partial charge in [0.1, 0.15) is 0 Å². The third-order valence-electron chi connectivity index (χ3n) is 2.93. The Morgan fingerprint density at radius 3 is 2.57 bits per heavy atom. The molecule has 1 rings (SSSR count). The summed E-state index contributed by atoms with van der Waals surface area (Å²) in [5.41, 5.74) is 1.15. The average Bonchev–Trinajstić information content (AvgIpc) is 2.48. The summed E-state index contributed by atoms with van der Waals surface area (Å²) in [6.45, 7) is 4.04. The highest BCUT2D eigenvalue weighted by Crippen LogP contribution is 2.24. The highest BCUT2D eigenvalue weighted by Gasteiger charge is 2.23. The number of ether oxygens (including phenoxy) is 2. The third-order valence-corrected chi connectivity index (χ3v) is 2.93. The number of rotatable bonds is 7. The van der Waals surface area contributed by atoms with Gasteiger partial charge in [0.25, 0.3) is 0 Å². The van der Waals surface area contributed by atoms with Gasteiger partial charge in [0.2, 0.25) is 0 Å². The molecule has 1 unspecified atom stereocenters. The number of nitrogens with zero attached hydrogens (tertiary/aromatic N) is 1. The first-order valence-corrected chi connectivity index (χ1v) is 6.94. The van der Waals surface area contributed by atoms with E-state index in [1.807, 2.05) is 6.07 Å². The molecule has 0 amide bonds. The van der Waals surface area contributed by atoms with Crippen molar-refractivity contribution in [3.63, 3.8) is 0 Å². The second-order valence-electron chi connectivity index (χ2n) is 4.39. The van der Waals surface area contributed by atoms with Crippen molar-refractivity contribution < 1.29 is 19.1 Å². The molecule has 0 saturated heterocycles. The molecule has 0 heterocycles. The molecule has 0 aromatic heterocycles. The van der Waals surface area contributed by atoms with Gasteiger partial charge in [0.05, 0.1) is 30.8 Å².